The van der Waals surface area contributed by atoms with E-state index in [2.05, 4.69) is 4.37 Å². The van der Waals surface area contributed by atoms with Gasteiger partial charge < -0.3 is 9.64 Å². The third-order valence-corrected chi connectivity index (χ3v) is 2.57. The smallest absolute Gasteiger partial charge is 0.409 e. The summed E-state index contributed by atoms with van der Waals surface area (Å²) in [6, 6.07) is 5.47. The lowest BCUT2D eigenvalue weighted by Crippen LogP contribution is -2.25. The lowest BCUT2D eigenvalue weighted by molar-refractivity contribution is 0.172. The number of benzene rings is 1. The Hall–Kier alpha value is -1.62. The Morgan fingerprint density at radius 2 is 2.27 bits per heavy atom. The molecule has 0 fully saturated rings. The molecule has 78 valence electrons. The second-order valence-corrected chi connectivity index (χ2v) is 3.89. The minimum Gasteiger partial charge on any atom is -0.409 e. The summed E-state index contributed by atoms with van der Waals surface area (Å²) in [6.07, 6.45) is -0.381. The van der Waals surface area contributed by atoms with Gasteiger partial charge in [-0.15, -0.1) is 0 Å². The van der Waals surface area contributed by atoms with Crippen LogP contribution in [0.25, 0.3) is 10.9 Å². The fourth-order valence-corrected chi connectivity index (χ4v) is 1.81. The molecule has 4 nitrogen and oxygen atoms in total. The standard InChI is InChI=1S/C10H10N2O2S/c1-12(2)10(13)14-9-5-3-4-8-7(9)6-15-11-8/h3-6H,1-2H3. The number of aromatic nitrogens is 1. The van der Waals surface area contributed by atoms with E-state index >= 15 is 0 Å². The Bertz CT molecular complexity index is 493. The van der Waals surface area contributed by atoms with Crippen LogP contribution in [0.3, 0.4) is 0 Å². The van der Waals surface area contributed by atoms with Gasteiger partial charge in [0, 0.05) is 19.5 Å². The van der Waals surface area contributed by atoms with Gasteiger partial charge in [-0.05, 0) is 23.7 Å². The average molecular weight is 222 g/mol. The lowest BCUT2D eigenvalue weighted by atomic mass is 10.2. The van der Waals surface area contributed by atoms with E-state index in [1.165, 1.54) is 16.4 Å². The van der Waals surface area contributed by atoms with E-state index in [0.717, 1.165) is 10.9 Å². The fourth-order valence-electron chi connectivity index (χ4n) is 1.14. The molecule has 0 N–H and O–H groups in total. The van der Waals surface area contributed by atoms with Gasteiger partial charge in [0.2, 0.25) is 0 Å². The van der Waals surface area contributed by atoms with Crippen molar-refractivity contribution in [3.05, 3.63) is 23.6 Å². The molecule has 0 bridgehead atoms. The minimum absolute atomic E-state index is 0.381. The van der Waals surface area contributed by atoms with Crippen LogP contribution in [0, 0.1) is 0 Å². The maximum absolute atomic E-state index is 11.4. The van der Waals surface area contributed by atoms with Crippen molar-refractivity contribution in [1.29, 1.82) is 0 Å². The van der Waals surface area contributed by atoms with Crippen molar-refractivity contribution in [1.82, 2.24) is 9.27 Å². The first-order valence-electron chi connectivity index (χ1n) is 4.40. The van der Waals surface area contributed by atoms with E-state index in [1.54, 1.807) is 20.2 Å². The van der Waals surface area contributed by atoms with Crippen LogP contribution in [0.15, 0.2) is 23.6 Å². The normalized spacial score (nSPS) is 10.3. The Balaban J connectivity index is 2.35. The number of rotatable bonds is 1. The molecule has 0 radical (unpaired) electrons. The molecule has 15 heavy (non-hydrogen) atoms. The molecule has 1 amide bonds. The van der Waals surface area contributed by atoms with Gasteiger partial charge in [0.25, 0.3) is 0 Å². The first-order chi connectivity index (χ1) is 7.18. The van der Waals surface area contributed by atoms with E-state index in [0.29, 0.717) is 5.75 Å². The Labute approximate surface area is 91.2 Å². The molecule has 1 aromatic heterocycles. The van der Waals surface area contributed by atoms with Crippen molar-refractivity contribution >= 4 is 28.5 Å². The topological polar surface area (TPSA) is 42.4 Å². The lowest BCUT2D eigenvalue weighted by Gasteiger charge is -2.10. The molecule has 2 aromatic rings. The van der Waals surface area contributed by atoms with Gasteiger partial charge in [-0.1, -0.05) is 6.07 Å². The summed E-state index contributed by atoms with van der Waals surface area (Å²) < 4.78 is 9.37. The average Bonchev–Trinajstić information content (AvgIpc) is 2.66. The van der Waals surface area contributed by atoms with Crippen LogP contribution in [0.5, 0.6) is 5.75 Å². The highest BCUT2D eigenvalue weighted by atomic mass is 32.1. The molecule has 1 heterocycles. The molecule has 0 saturated heterocycles. The molecule has 0 aliphatic heterocycles. The largest absolute Gasteiger partial charge is 0.414 e. The van der Waals surface area contributed by atoms with Crippen molar-refractivity contribution < 1.29 is 9.53 Å². The molecular formula is C10H10N2O2S. The third-order valence-electron chi connectivity index (χ3n) is 1.93. The number of carbonyl (C=O) groups is 1. The second kappa shape index (κ2) is 3.86. The van der Waals surface area contributed by atoms with Crippen LogP contribution in [0.1, 0.15) is 0 Å². The number of ether oxygens (including phenoxy) is 1. The highest BCUT2D eigenvalue weighted by molar-refractivity contribution is 7.04. The summed E-state index contributed by atoms with van der Waals surface area (Å²) in [4.78, 5) is 12.8. The molecule has 1 aromatic carbocycles. The Morgan fingerprint density at radius 3 is 3.00 bits per heavy atom. The van der Waals surface area contributed by atoms with Crippen LogP contribution in [0.2, 0.25) is 0 Å². The van der Waals surface area contributed by atoms with Gasteiger partial charge in [0.15, 0.2) is 0 Å². The maximum Gasteiger partial charge on any atom is 0.414 e. The summed E-state index contributed by atoms with van der Waals surface area (Å²) >= 11 is 1.35. The molecular weight excluding hydrogens is 212 g/mol. The number of fused-ring (bicyclic) bond motifs is 1. The summed E-state index contributed by atoms with van der Waals surface area (Å²) in [5.41, 5.74) is 0.851. The Morgan fingerprint density at radius 1 is 1.47 bits per heavy atom. The first-order valence-corrected chi connectivity index (χ1v) is 5.24. The predicted molar refractivity (Wildman–Crippen MR) is 59.3 cm³/mol. The zero-order chi connectivity index (χ0) is 10.8. The fraction of sp³-hybridized carbons (Fsp3) is 0.200. The molecule has 0 saturated carbocycles. The molecule has 0 aliphatic carbocycles. The van der Waals surface area contributed by atoms with Gasteiger partial charge in [0.1, 0.15) is 5.75 Å². The molecule has 2 rings (SSSR count). The minimum atomic E-state index is -0.381. The van der Waals surface area contributed by atoms with E-state index < -0.39 is 0 Å². The van der Waals surface area contributed by atoms with E-state index in [-0.39, 0.29) is 6.09 Å². The quantitative estimate of drug-likeness (QED) is 0.743. The van der Waals surface area contributed by atoms with E-state index in [9.17, 15) is 4.79 Å². The first kappa shape index (κ1) is 9.92. The van der Waals surface area contributed by atoms with Gasteiger partial charge >= 0.3 is 6.09 Å². The maximum atomic E-state index is 11.4. The summed E-state index contributed by atoms with van der Waals surface area (Å²) in [6.45, 7) is 0. The van der Waals surface area contributed by atoms with Crippen molar-refractivity contribution in [3.63, 3.8) is 0 Å². The number of amides is 1. The zero-order valence-corrected chi connectivity index (χ0v) is 9.25. The highest BCUT2D eigenvalue weighted by Gasteiger charge is 2.10. The van der Waals surface area contributed by atoms with Crippen LogP contribution in [-0.2, 0) is 0 Å². The van der Waals surface area contributed by atoms with Crippen LogP contribution < -0.4 is 4.74 Å². The monoisotopic (exact) mass is 222 g/mol. The second-order valence-electron chi connectivity index (χ2n) is 3.27. The molecule has 0 spiro atoms. The van der Waals surface area contributed by atoms with Crippen molar-refractivity contribution in [2.75, 3.05) is 14.1 Å². The third kappa shape index (κ3) is 1.92. The van der Waals surface area contributed by atoms with Gasteiger partial charge in [0.05, 0.1) is 10.9 Å². The zero-order valence-electron chi connectivity index (χ0n) is 8.43. The molecule has 0 aliphatic rings. The van der Waals surface area contributed by atoms with Crippen LogP contribution in [0.4, 0.5) is 4.79 Å². The summed E-state index contributed by atoms with van der Waals surface area (Å²) in [5.74, 6) is 0.556. The number of hydrogen-bond acceptors (Lipinski definition) is 4. The summed E-state index contributed by atoms with van der Waals surface area (Å²) in [7, 11) is 3.29. The SMILES string of the molecule is CN(C)C(=O)Oc1cccc2nscc12. The van der Waals surface area contributed by atoms with Crippen LogP contribution in [-0.4, -0.2) is 29.5 Å². The molecule has 0 unspecified atom stereocenters. The number of nitrogens with zero attached hydrogens (tertiary/aromatic N) is 2. The number of carbonyl (C=O) groups excluding carboxylic acids is 1. The Kier molecular flexibility index (Phi) is 2.55. The van der Waals surface area contributed by atoms with Gasteiger partial charge in [-0.3, -0.25) is 0 Å². The van der Waals surface area contributed by atoms with Crippen molar-refractivity contribution in [2.45, 2.75) is 0 Å². The van der Waals surface area contributed by atoms with E-state index in [4.69, 9.17) is 4.74 Å². The molecule has 0 atom stereocenters. The highest BCUT2D eigenvalue weighted by Crippen LogP contribution is 2.26. The van der Waals surface area contributed by atoms with Crippen molar-refractivity contribution in [3.8, 4) is 5.75 Å². The van der Waals surface area contributed by atoms with Gasteiger partial charge in [-0.2, -0.15) is 4.37 Å². The summed E-state index contributed by atoms with van der Waals surface area (Å²) in [5, 5.41) is 2.74. The van der Waals surface area contributed by atoms with Gasteiger partial charge in [-0.25, -0.2) is 4.79 Å². The molecule has 5 heteroatoms. The van der Waals surface area contributed by atoms with Crippen molar-refractivity contribution in [2.24, 2.45) is 0 Å². The van der Waals surface area contributed by atoms with E-state index in [1.807, 2.05) is 17.5 Å². The number of hydrogen-bond donors (Lipinski definition) is 0. The predicted octanol–water partition coefficient (Wildman–Crippen LogP) is 2.36. The van der Waals surface area contributed by atoms with Crippen LogP contribution >= 0.6 is 11.5 Å².